The van der Waals surface area contributed by atoms with Gasteiger partial charge >= 0.3 is 0 Å². The van der Waals surface area contributed by atoms with Crippen LogP contribution in [0.15, 0.2) is 53.4 Å². The van der Waals surface area contributed by atoms with Gasteiger partial charge in [0.1, 0.15) is 5.82 Å². The summed E-state index contributed by atoms with van der Waals surface area (Å²) in [7, 11) is -0.488. The summed E-state index contributed by atoms with van der Waals surface area (Å²) < 4.78 is 28.3. The van der Waals surface area contributed by atoms with Crippen LogP contribution in [0.3, 0.4) is 0 Å². The first-order valence-corrected chi connectivity index (χ1v) is 13.7. The van der Waals surface area contributed by atoms with E-state index in [-0.39, 0.29) is 10.8 Å². The number of carbonyl (C=O) groups excluding carboxylic acids is 1. The minimum absolute atomic E-state index is 0.151. The Hall–Kier alpha value is -2.75. The minimum atomic E-state index is -3.52. The summed E-state index contributed by atoms with van der Waals surface area (Å²) in [6, 6.07) is 15.6. The molecule has 2 heterocycles. The predicted octanol–water partition coefficient (Wildman–Crippen LogP) is 2.63. The molecule has 188 valence electrons. The lowest BCUT2D eigenvalue weighted by molar-refractivity contribution is -0.132. The van der Waals surface area contributed by atoms with Gasteiger partial charge in [-0.25, -0.2) is 17.7 Å². The quantitative estimate of drug-likeness (QED) is 0.454. The second-order valence-electron chi connectivity index (χ2n) is 9.17. The molecule has 1 aliphatic rings. The topological polar surface area (TPSA) is 78.8 Å². The molecule has 1 fully saturated rings. The van der Waals surface area contributed by atoms with Gasteiger partial charge in [0.05, 0.1) is 15.9 Å². The van der Waals surface area contributed by atoms with E-state index in [1.54, 1.807) is 12.1 Å². The highest BCUT2D eigenvalue weighted by Crippen LogP contribution is 2.23. The molecule has 0 radical (unpaired) electrons. The smallest absolute Gasteiger partial charge is 0.242 e. The summed E-state index contributed by atoms with van der Waals surface area (Å²) in [6.07, 6.45) is 1.96. The van der Waals surface area contributed by atoms with Crippen LogP contribution in [-0.4, -0.2) is 84.8 Å². The molecule has 0 N–H and O–H groups in total. The zero-order valence-electron chi connectivity index (χ0n) is 20.9. The lowest BCUT2D eigenvalue weighted by Gasteiger charge is -2.34. The van der Waals surface area contributed by atoms with Gasteiger partial charge in [0.2, 0.25) is 15.9 Å². The number of imidazole rings is 1. The van der Waals surface area contributed by atoms with Crippen molar-refractivity contribution in [2.45, 2.75) is 37.6 Å². The number of rotatable bonds is 9. The molecule has 0 bridgehead atoms. The summed E-state index contributed by atoms with van der Waals surface area (Å²) in [5, 5.41) is 0. The van der Waals surface area contributed by atoms with E-state index in [1.165, 1.54) is 24.0 Å². The van der Waals surface area contributed by atoms with Gasteiger partial charge in [-0.3, -0.25) is 9.69 Å². The van der Waals surface area contributed by atoms with E-state index in [4.69, 9.17) is 4.98 Å². The average Bonchev–Trinajstić information content (AvgIpc) is 3.23. The summed E-state index contributed by atoms with van der Waals surface area (Å²) in [5.74, 6) is 0.968. The van der Waals surface area contributed by atoms with E-state index < -0.39 is 10.0 Å². The van der Waals surface area contributed by atoms with E-state index in [0.29, 0.717) is 24.9 Å². The Bertz CT molecular complexity index is 1260. The van der Waals surface area contributed by atoms with Crippen molar-refractivity contribution >= 4 is 27.0 Å². The van der Waals surface area contributed by atoms with E-state index in [9.17, 15) is 13.2 Å². The second kappa shape index (κ2) is 10.9. The standard InChI is InChI=1S/C26H35N5O3S/c1-4-31-24-11-10-22(35(33,34)28(2)3)20-23(24)27-25(31)12-13-26(32)30-18-16-29(17-19-30)15-14-21-8-6-5-7-9-21/h5-11,20H,4,12-19H2,1-3H3. The van der Waals surface area contributed by atoms with E-state index in [1.807, 2.05) is 24.0 Å². The van der Waals surface area contributed by atoms with Gasteiger partial charge in [0, 0.05) is 66.2 Å². The maximum atomic E-state index is 12.9. The minimum Gasteiger partial charge on any atom is -0.340 e. The van der Waals surface area contributed by atoms with Crippen molar-refractivity contribution in [3.63, 3.8) is 0 Å². The zero-order chi connectivity index (χ0) is 25.0. The molecule has 1 amide bonds. The lowest BCUT2D eigenvalue weighted by atomic mass is 10.1. The molecule has 1 aromatic heterocycles. The second-order valence-corrected chi connectivity index (χ2v) is 11.3. The Kier molecular flexibility index (Phi) is 7.88. The van der Waals surface area contributed by atoms with Crippen molar-refractivity contribution < 1.29 is 13.2 Å². The summed E-state index contributed by atoms with van der Waals surface area (Å²) in [6.45, 7) is 7.06. The van der Waals surface area contributed by atoms with Gasteiger partial charge in [-0.15, -0.1) is 0 Å². The number of hydrogen-bond donors (Lipinski definition) is 0. The summed E-state index contributed by atoms with van der Waals surface area (Å²) >= 11 is 0. The highest BCUT2D eigenvalue weighted by Gasteiger charge is 2.23. The van der Waals surface area contributed by atoms with E-state index in [2.05, 4.69) is 33.7 Å². The summed E-state index contributed by atoms with van der Waals surface area (Å²) in [4.78, 5) is 22.2. The maximum absolute atomic E-state index is 12.9. The predicted molar refractivity (Wildman–Crippen MR) is 138 cm³/mol. The van der Waals surface area contributed by atoms with Crippen molar-refractivity contribution in [2.75, 3.05) is 46.8 Å². The molecular weight excluding hydrogens is 462 g/mol. The number of sulfonamides is 1. The van der Waals surface area contributed by atoms with Gasteiger partial charge in [-0.05, 0) is 37.1 Å². The molecular formula is C26H35N5O3S. The normalized spacial score (nSPS) is 15.3. The maximum Gasteiger partial charge on any atom is 0.242 e. The first kappa shape index (κ1) is 25.3. The fourth-order valence-electron chi connectivity index (χ4n) is 4.60. The Labute approximate surface area is 208 Å². The molecule has 0 spiro atoms. The number of benzene rings is 2. The molecule has 1 aliphatic heterocycles. The van der Waals surface area contributed by atoms with Crippen LogP contribution < -0.4 is 0 Å². The van der Waals surface area contributed by atoms with Gasteiger partial charge in [0.25, 0.3) is 0 Å². The monoisotopic (exact) mass is 497 g/mol. The van der Waals surface area contributed by atoms with Crippen LogP contribution in [0.1, 0.15) is 24.7 Å². The Morgan fingerprint density at radius 3 is 2.37 bits per heavy atom. The summed E-state index contributed by atoms with van der Waals surface area (Å²) in [5.41, 5.74) is 2.88. The fourth-order valence-corrected chi connectivity index (χ4v) is 5.53. The molecule has 0 aliphatic carbocycles. The van der Waals surface area contributed by atoms with Crippen LogP contribution >= 0.6 is 0 Å². The molecule has 9 heteroatoms. The number of nitrogens with zero attached hydrogens (tertiary/aromatic N) is 5. The molecule has 0 unspecified atom stereocenters. The van der Waals surface area contributed by atoms with Crippen molar-refractivity contribution in [3.05, 3.63) is 59.9 Å². The Morgan fingerprint density at radius 1 is 1.00 bits per heavy atom. The van der Waals surface area contributed by atoms with Crippen LogP contribution in [-0.2, 0) is 34.2 Å². The molecule has 2 aromatic carbocycles. The van der Waals surface area contributed by atoms with Gasteiger partial charge in [-0.2, -0.15) is 0 Å². The third-order valence-electron chi connectivity index (χ3n) is 6.74. The third kappa shape index (κ3) is 5.74. The molecule has 8 nitrogen and oxygen atoms in total. The highest BCUT2D eigenvalue weighted by atomic mass is 32.2. The number of carbonyl (C=O) groups is 1. The van der Waals surface area contributed by atoms with Crippen LogP contribution in [0, 0.1) is 0 Å². The molecule has 4 rings (SSSR count). The van der Waals surface area contributed by atoms with Gasteiger partial charge in [-0.1, -0.05) is 30.3 Å². The first-order chi connectivity index (χ1) is 16.8. The van der Waals surface area contributed by atoms with Crippen molar-refractivity contribution in [1.82, 2.24) is 23.7 Å². The molecule has 0 saturated carbocycles. The number of aromatic nitrogens is 2. The van der Waals surface area contributed by atoms with Crippen LogP contribution in [0.2, 0.25) is 0 Å². The number of aryl methyl sites for hydroxylation is 2. The highest BCUT2D eigenvalue weighted by molar-refractivity contribution is 7.89. The Morgan fingerprint density at radius 2 is 1.71 bits per heavy atom. The number of piperazine rings is 1. The molecule has 0 atom stereocenters. The van der Waals surface area contributed by atoms with Crippen LogP contribution in [0.4, 0.5) is 0 Å². The number of hydrogen-bond acceptors (Lipinski definition) is 5. The lowest BCUT2D eigenvalue weighted by Crippen LogP contribution is -2.49. The van der Waals surface area contributed by atoms with Crippen LogP contribution in [0.25, 0.3) is 11.0 Å². The van der Waals surface area contributed by atoms with Crippen molar-refractivity contribution in [1.29, 1.82) is 0 Å². The van der Waals surface area contributed by atoms with Crippen molar-refractivity contribution in [2.24, 2.45) is 0 Å². The van der Waals surface area contributed by atoms with E-state index >= 15 is 0 Å². The van der Waals surface area contributed by atoms with Crippen molar-refractivity contribution in [3.8, 4) is 0 Å². The molecule has 3 aromatic rings. The van der Waals surface area contributed by atoms with Gasteiger partial charge < -0.3 is 9.47 Å². The van der Waals surface area contributed by atoms with Gasteiger partial charge in [0.15, 0.2) is 0 Å². The average molecular weight is 498 g/mol. The SMILES string of the molecule is CCn1c(CCC(=O)N2CCN(CCc3ccccc3)CC2)nc2cc(S(=O)(=O)N(C)C)ccc21. The largest absolute Gasteiger partial charge is 0.340 e. The van der Waals surface area contributed by atoms with E-state index in [0.717, 1.165) is 50.5 Å². The number of fused-ring (bicyclic) bond motifs is 1. The Balaban J connectivity index is 1.34. The zero-order valence-corrected chi connectivity index (χ0v) is 21.7. The first-order valence-electron chi connectivity index (χ1n) is 12.3. The number of amides is 1. The molecule has 35 heavy (non-hydrogen) atoms. The fraction of sp³-hybridized carbons (Fsp3) is 0.462. The molecule has 1 saturated heterocycles. The third-order valence-corrected chi connectivity index (χ3v) is 8.55. The van der Waals surface area contributed by atoms with Crippen LogP contribution in [0.5, 0.6) is 0 Å².